The molecule has 2 heterocycles. The van der Waals surface area contributed by atoms with Gasteiger partial charge in [0.2, 0.25) is 0 Å². The van der Waals surface area contributed by atoms with Gasteiger partial charge in [-0.2, -0.15) is 5.10 Å². The Bertz CT molecular complexity index is 363. The van der Waals surface area contributed by atoms with Crippen molar-refractivity contribution in [2.75, 3.05) is 6.54 Å². The summed E-state index contributed by atoms with van der Waals surface area (Å²) in [6, 6.07) is 0.539. The van der Waals surface area contributed by atoms with Gasteiger partial charge in [0.1, 0.15) is 0 Å². The molecule has 0 saturated carbocycles. The minimum atomic E-state index is 0.161. The third-order valence-electron chi connectivity index (χ3n) is 3.37. The van der Waals surface area contributed by atoms with Crippen LogP contribution in [-0.4, -0.2) is 32.8 Å². The van der Waals surface area contributed by atoms with E-state index in [0.717, 1.165) is 13.0 Å². The summed E-state index contributed by atoms with van der Waals surface area (Å²) in [4.78, 5) is 2.48. The molecule has 1 saturated heterocycles. The molecule has 4 heteroatoms. The fourth-order valence-corrected chi connectivity index (χ4v) is 2.59. The molecule has 2 N–H and O–H groups in total. The number of nitrogens with zero attached hydrogens (tertiary/aromatic N) is 3. The van der Waals surface area contributed by atoms with Crippen LogP contribution in [0.3, 0.4) is 0 Å². The van der Waals surface area contributed by atoms with Crippen LogP contribution in [0.1, 0.15) is 38.8 Å². The number of rotatable bonds is 1. The van der Waals surface area contributed by atoms with Crippen LogP contribution >= 0.6 is 0 Å². The summed E-state index contributed by atoms with van der Waals surface area (Å²) >= 11 is 0. The first kappa shape index (κ1) is 11.6. The average Bonchev–Trinajstić information content (AvgIpc) is 2.70. The molecule has 0 aromatic carbocycles. The van der Waals surface area contributed by atoms with Crippen molar-refractivity contribution >= 4 is 0 Å². The van der Waals surface area contributed by atoms with Crippen LogP contribution in [0.25, 0.3) is 0 Å². The Balaban J connectivity index is 2.29. The minimum absolute atomic E-state index is 0.161. The normalized spacial score (nSPS) is 27.6. The summed E-state index contributed by atoms with van der Waals surface area (Å²) in [5.74, 6) is 0. The van der Waals surface area contributed by atoms with Crippen LogP contribution in [0, 0.1) is 0 Å². The van der Waals surface area contributed by atoms with Gasteiger partial charge in [-0.25, -0.2) is 0 Å². The standard InChI is InChI=1S/C12H22N4/c1-12(2,3)16-6-5-10(13)11(16)9-7-14-15(4)8-9/h7-8,10-11H,5-6,13H2,1-4H3. The van der Waals surface area contributed by atoms with Gasteiger partial charge in [-0.1, -0.05) is 0 Å². The Kier molecular flexibility index (Phi) is 2.80. The Morgan fingerprint density at radius 3 is 2.62 bits per heavy atom. The average molecular weight is 222 g/mol. The first-order valence-electron chi connectivity index (χ1n) is 5.90. The van der Waals surface area contributed by atoms with E-state index in [1.807, 2.05) is 17.9 Å². The molecule has 4 nitrogen and oxygen atoms in total. The summed E-state index contributed by atoms with van der Waals surface area (Å²) in [7, 11) is 1.95. The van der Waals surface area contributed by atoms with E-state index in [2.05, 4.69) is 37.0 Å². The molecule has 0 spiro atoms. The Morgan fingerprint density at radius 1 is 1.44 bits per heavy atom. The Labute approximate surface area is 97.4 Å². The first-order valence-corrected chi connectivity index (χ1v) is 5.90. The molecule has 2 unspecified atom stereocenters. The molecule has 2 atom stereocenters. The molecule has 1 aliphatic rings. The van der Waals surface area contributed by atoms with Crippen molar-refractivity contribution in [3.8, 4) is 0 Å². The smallest absolute Gasteiger partial charge is 0.0538 e. The van der Waals surface area contributed by atoms with Crippen molar-refractivity contribution in [3.63, 3.8) is 0 Å². The van der Waals surface area contributed by atoms with Gasteiger partial charge < -0.3 is 5.73 Å². The van der Waals surface area contributed by atoms with Crippen LogP contribution in [0.2, 0.25) is 0 Å². The molecule has 1 aromatic heterocycles. The SMILES string of the molecule is Cn1cc(C2C(N)CCN2C(C)(C)C)cn1. The molecule has 1 aliphatic heterocycles. The summed E-state index contributed by atoms with van der Waals surface area (Å²) < 4.78 is 1.85. The van der Waals surface area contributed by atoms with E-state index in [9.17, 15) is 0 Å². The number of aromatic nitrogens is 2. The van der Waals surface area contributed by atoms with Crippen molar-refractivity contribution in [3.05, 3.63) is 18.0 Å². The lowest BCUT2D eigenvalue weighted by atomic mass is 9.99. The number of hydrogen-bond donors (Lipinski definition) is 1. The quantitative estimate of drug-likeness (QED) is 0.779. The van der Waals surface area contributed by atoms with Crippen LogP contribution in [0.15, 0.2) is 12.4 Å². The highest BCUT2D eigenvalue weighted by Gasteiger charge is 2.39. The fourth-order valence-electron chi connectivity index (χ4n) is 2.59. The Morgan fingerprint density at radius 2 is 2.12 bits per heavy atom. The lowest BCUT2D eigenvalue weighted by Gasteiger charge is -2.37. The number of likely N-dealkylation sites (tertiary alicyclic amines) is 1. The number of nitrogens with two attached hydrogens (primary N) is 1. The van der Waals surface area contributed by atoms with Gasteiger partial charge in [-0.05, 0) is 27.2 Å². The predicted molar refractivity (Wildman–Crippen MR) is 65.0 cm³/mol. The van der Waals surface area contributed by atoms with Crippen LogP contribution in [-0.2, 0) is 7.05 Å². The van der Waals surface area contributed by atoms with Crippen LogP contribution in [0.4, 0.5) is 0 Å². The summed E-state index contributed by atoms with van der Waals surface area (Å²) in [5.41, 5.74) is 7.63. The zero-order valence-corrected chi connectivity index (χ0v) is 10.6. The van der Waals surface area contributed by atoms with E-state index < -0.39 is 0 Å². The molecule has 90 valence electrons. The minimum Gasteiger partial charge on any atom is -0.326 e. The second-order valence-electron chi connectivity index (χ2n) is 5.71. The highest BCUT2D eigenvalue weighted by atomic mass is 15.3. The molecule has 0 radical (unpaired) electrons. The second kappa shape index (κ2) is 3.86. The maximum absolute atomic E-state index is 6.23. The first-order chi connectivity index (χ1) is 7.39. The zero-order chi connectivity index (χ0) is 11.9. The molecule has 1 aromatic rings. The van der Waals surface area contributed by atoms with E-state index >= 15 is 0 Å². The molecular formula is C12H22N4. The molecule has 2 rings (SSSR count). The second-order valence-corrected chi connectivity index (χ2v) is 5.71. The summed E-state index contributed by atoms with van der Waals surface area (Å²) in [6.07, 6.45) is 5.08. The largest absolute Gasteiger partial charge is 0.326 e. The zero-order valence-electron chi connectivity index (χ0n) is 10.6. The summed E-state index contributed by atoms with van der Waals surface area (Å²) in [5, 5.41) is 4.25. The maximum atomic E-state index is 6.23. The third-order valence-corrected chi connectivity index (χ3v) is 3.37. The van der Waals surface area contributed by atoms with Crippen molar-refractivity contribution in [1.29, 1.82) is 0 Å². The van der Waals surface area contributed by atoms with Gasteiger partial charge in [0.05, 0.1) is 12.2 Å². The van der Waals surface area contributed by atoms with Crippen LogP contribution < -0.4 is 5.73 Å². The molecule has 1 fully saturated rings. The van der Waals surface area contributed by atoms with E-state index in [4.69, 9.17) is 5.73 Å². The molecule has 0 aliphatic carbocycles. The highest BCUT2D eigenvalue weighted by Crippen LogP contribution is 2.36. The van der Waals surface area contributed by atoms with Crippen molar-refractivity contribution in [2.24, 2.45) is 12.8 Å². The monoisotopic (exact) mass is 222 g/mol. The maximum Gasteiger partial charge on any atom is 0.0538 e. The van der Waals surface area contributed by atoms with Gasteiger partial charge in [0.25, 0.3) is 0 Å². The lowest BCUT2D eigenvalue weighted by molar-refractivity contribution is 0.117. The lowest BCUT2D eigenvalue weighted by Crippen LogP contribution is -2.43. The van der Waals surface area contributed by atoms with Gasteiger partial charge in [0.15, 0.2) is 0 Å². The van der Waals surface area contributed by atoms with E-state index in [1.165, 1.54) is 5.56 Å². The fraction of sp³-hybridized carbons (Fsp3) is 0.750. The van der Waals surface area contributed by atoms with E-state index in [0.29, 0.717) is 6.04 Å². The Hall–Kier alpha value is -0.870. The number of hydrogen-bond acceptors (Lipinski definition) is 3. The third kappa shape index (κ3) is 1.99. The predicted octanol–water partition coefficient (Wildman–Crippen LogP) is 1.29. The molecule has 0 amide bonds. The van der Waals surface area contributed by atoms with Crippen molar-refractivity contribution < 1.29 is 0 Å². The van der Waals surface area contributed by atoms with Gasteiger partial charge in [0, 0.05) is 36.9 Å². The molecular weight excluding hydrogens is 200 g/mol. The topological polar surface area (TPSA) is 47.1 Å². The molecule has 16 heavy (non-hydrogen) atoms. The highest BCUT2D eigenvalue weighted by molar-refractivity contribution is 5.17. The van der Waals surface area contributed by atoms with Gasteiger partial charge in [-0.15, -0.1) is 0 Å². The van der Waals surface area contributed by atoms with E-state index in [-0.39, 0.29) is 11.6 Å². The van der Waals surface area contributed by atoms with Crippen molar-refractivity contribution in [2.45, 2.75) is 44.8 Å². The van der Waals surface area contributed by atoms with Crippen LogP contribution in [0.5, 0.6) is 0 Å². The molecule has 0 bridgehead atoms. The van der Waals surface area contributed by atoms with Gasteiger partial charge >= 0.3 is 0 Å². The van der Waals surface area contributed by atoms with Gasteiger partial charge in [-0.3, -0.25) is 9.58 Å². The summed E-state index contributed by atoms with van der Waals surface area (Å²) in [6.45, 7) is 7.81. The number of aryl methyl sites for hydroxylation is 1. The van der Waals surface area contributed by atoms with Crippen molar-refractivity contribution in [1.82, 2.24) is 14.7 Å². The van der Waals surface area contributed by atoms with E-state index in [1.54, 1.807) is 0 Å².